The molecule has 2 aromatic rings. The van der Waals surface area contributed by atoms with Crippen molar-refractivity contribution in [2.75, 3.05) is 18.2 Å². The number of nitrogens with zero attached hydrogens (tertiary/aromatic N) is 2. The third-order valence-electron chi connectivity index (χ3n) is 3.04. The largest absolute Gasteiger partial charge is 0.495 e. The van der Waals surface area contributed by atoms with E-state index < -0.39 is 0 Å². The fraction of sp³-hybridized carbons (Fsp3) is 0.357. The van der Waals surface area contributed by atoms with Gasteiger partial charge in [-0.1, -0.05) is 6.92 Å². The predicted molar refractivity (Wildman–Crippen MR) is 77.3 cm³/mol. The molecule has 0 fully saturated rings. The van der Waals surface area contributed by atoms with Gasteiger partial charge in [0.05, 0.1) is 18.5 Å². The van der Waals surface area contributed by atoms with Gasteiger partial charge in [-0.25, -0.2) is 0 Å². The Labute approximate surface area is 113 Å². The molecule has 0 spiro atoms. The minimum atomic E-state index is 0.642. The third-order valence-corrected chi connectivity index (χ3v) is 3.04. The molecule has 5 nitrogen and oxygen atoms in total. The highest BCUT2D eigenvalue weighted by atomic mass is 16.5. The van der Waals surface area contributed by atoms with Gasteiger partial charge in [0, 0.05) is 37.1 Å². The lowest BCUT2D eigenvalue weighted by atomic mass is 10.2. The minimum absolute atomic E-state index is 0.642. The van der Waals surface area contributed by atoms with Gasteiger partial charge in [-0.3, -0.25) is 4.68 Å². The Hall–Kier alpha value is -2.17. The number of rotatable bonds is 5. The second-order valence-electron chi connectivity index (χ2n) is 4.44. The standard InChI is InChI=1S/C14H20N4O/c1-4-13-10(9-18(2)17-13)8-16-11-5-6-12(15)14(7-11)19-3/h5-7,9,16H,4,8,15H2,1-3H3. The maximum Gasteiger partial charge on any atom is 0.143 e. The van der Waals surface area contributed by atoms with Crippen molar-refractivity contribution in [2.24, 2.45) is 7.05 Å². The van der Waals surface area contributed by atoms with Crippen molar-refractivity contribution < 1.29 is 4.74 Å². The molecule has 0 atom stereocenters. The number of aryl methyl sites for hydroxylation is 2. The first-order chi connectivity index (χ1) is 9.13. The lowest BCUT2D eigenvalue weighted by Gasteiger charge is -2.09. The molecule has 0 unspecified atom stereocenters. The number of benzene rings is 1. The summed E-state index contributed by atoms with van der Waals surface area (Å²) >= 11 is 0. The molecule has 0 bridgehead atoms. The average molecular weight is 260 g/mol. The van der Waals surface area contributed by atoms with Gasteiger partial charge in [-0.15, -0.1) is 0 Å². The summed E-state index contributed by atoms with van der Waals surface area (Å²) in [6.07, 6.45) is 2.98. The van der Waals surface area contributed by atoms with E-state index in [1.165, 1.54) is 5.56 Å². The normalized spacial score (nSPS) is 10.5. The number of hydrogen-bond donors (Lipinski definition) is 2. The molecule has 0 amide bonds. The summed E-state index contributed by atoms with van der Waals surface area (Å²) in [5, 5.41) is 7.78. The van der Waals surface area contributed by atoms with Gasteiger partial charge in [0.25, 0.3) is 0 Å². The van der Waals surface area contributed by atoms with Crippen LogP contribution in [0.3, 0.4) is 0 Å². The maximum absolute atomic E-state index is 5.79. The molecule has 0 radical (unpaired) electrons. The van der Waals surface area contributed by atoms with Crippen molar-refractivity contribution in [1.29, 1.82) is 0 Å². The molecular formula is C14H20N4O. The van der Waals surface area contributed by atoms with Crippen LogP contribution in [0.2, 0.25) is 0 Å². The van der Waals surface area contributed by atoms with E-state index in [-0.39, 0.29) is 0 Å². The SMILES string of the molecule is CCc1nn(C)cc1CNc1ccc(N)c(OC)c1. The minimum Gasteiger partial charge on any atom is -0.495 e. The smallest absolute Gasteiger partial charge is 0.143 e. The Morgan fingerprint density at radius 1 is 1.42 bits per heavy atom. The van der Waals surface area contributed by atoms with Crippen molar-refractivity contribution >= 4 is 11.4 Å². The van der Waals surface area contributed by atoms with Crippen LogP contribution in [0.15, 0.2) is 24.4 Å². The molecule has 0 aliphatic carbocycles. The number of nitrogens with one attached hydrogen (secondary N) is 1. The van der Waals surface area contributed by atoms with Crippen LogP contribution in [-0.2, 0) is 20.0 Å². The van der Waals surface area contributed by atoms with Crippen LogP contribution in [0.5, 0.6) is 5.75 Å². The molecule has 0 aliphatic heterocycles. The number of methoxy groups -OCH3 is 1. The van der Waals surface area contributed by atoms with Crippen molar-refractivity contribution in [1.82, 2.24) is 9.78 Å². The van der Waals surface area contributed by atoms with Crippen LogP contribution >= 0.6 is 0 Å². The van der Waals surface area contributed by atoms with Crippen LogP contribution < -0.4 is 15.8 Å². The number of ether oxygens (including phenoxy) is 1. The Balaban J connectivity index is 2.09. The summed E-state index contributed by atoms with van der Waals surface area (Å²) in [6.45, 7) is 2.85. The number of nitrogens with two attached hydrogens (primary N) is 1. The zero-order chi connectivity index (χ0) is 13.8. The van der Waals surface area contributed by atoms with Crippen LogP contribution in [0.4, 0.5) is 11.4 Å². The zero-order valence-corrected chi connectivity index (χ0v) is 11.6. The van der Waals surface area contributed by atoms with E-state index in [9.17, 15) is 0 Å². The molecule has 0 saturated carbocycles. The lowest BCUT2D eigenvalue weighted by molar-refractivity contribution is 0.417. The molecule has 2 rings (SSSR count). The highest BCUT2D eigenvalue weighted by molar-refractivity contribution is 5.61. The van der Waals surface area contributed by atoms with Crippen molar-refractivity contribution in [3.05, 3.63) is 35.7 Å². The Morgan fingerprint density at radius 2 is 2.21 bits per heavy atom. The summed E-state index contributed by atoms with van der Waals surface area (Å²) in [6, 6.07) is 5.68. The molecule has 5 heteroatoms. The first-order valence-electron chi connectivity index (χ1n) is 6.32. The second-order valence-corrected chi connectivity index (χ2v) is 4.44. The molecule has 1 heterocycles. The first-order valence-corrected chi connectivity index (χ1v) is 6.32. The number of anilines is 2. The summed E-state index contributed by atoms with van der Waals surface area (Å²) in [5.74, 6) is 0.687. The fourth-order valence-corrected chi connectivity index (χ4v) is 2.05. The van der Waals surface area contributed by atoms with Gasteiger partial charge < -0.3 is 15.8 Å². The molecule has 1 aromatic carbocycles. The van der Waals surface area contributed by atoms with Crippen molar-refractivity contribution in [3.8, 4) is 5.75 Å². The van der Waals surface area contributed by atoms with E-state index in [0.717, 1.165) is 24.3 Å². The van der Waals surface area contributed by atoms with Gasteiger partial charge in [-0.2, -0.15) is 5.10 Å². The molecule has 19 heavy (non-hydrogen) atoms. The Kier molecular flexibility index (Phi) is 3.94. The highest BCUT2D eigenvalue weighted by Crippen LogP contribution is 2.25. The van der Waals surface area contributed by atoms with Gasteiger partial charge >= 0.3 is 0 Å². The van der Waals surface area contributed by atoms with Gasteiger partial charge in [0.1, 0.15) is 5.75 Å². The zero-order valence-electron chi connectivity index (χ0n) is 11.6. The first kappa shape index (κ1) is 13.3. The van der Waals surface area contributed by atoms with E-state index in [1.807, 2.05) is 36.1 Å². The van der Waals surface area contributed by atoms with E-state index in [4.69, 9.17) is 10.5 Å². The molecule has 102 valence electrons. The molecular weight excluding hydrogens is 240 g/mol. The fourth-order valence-electron chi connectivity index (χ4n) is 2.05. The van der Waals surface area contributed by atoms with Crippen LogP contribution in [0, 0.1) is 0 Å². The van der Waals surface area contributed by atoms with Crippen LogP contribution in [0.25, 0.3) is 0 Å². The quantitative estimate of drug-likeness (QED) is 0.809. The summed E-state index contributed by atoms with van der Waals surface area (Å²) in [7, 11) is 3.56. The highest BCUT2D eigenvalue weighted by Gasteiger charge is 2.06. The van der Waals surface area contributed by atoms with E-state index in [1.54, 1.807) is 7.11 Å². The lowest BCUT2D eigenvalue weighted by Crippen LogP contribution is -2.02. The predicted octanol–water partition coefficient (Wildman–Crippen LogP) is 2.19. The maximum atomic E-state index is 5.79. The van der Waals surface area contributed by atoms with E-state index >= 15 is 0 Å². The summed E-state index contributed by atoms with van der Waals surface area (Å²) in [5.41, 5.74) is 9.75. The average Bonchev–Trinajstić information content (AvgIpc) is 2.78. The van der Waals surface area contributed by atoms with Crippen molar-refractivity contribution in [3.63, 3.8) is 0 Å². The van der Waals surface area contributed by atoms with Gasteiger partial charge in [0.15, 0.2) is 0 Å². The summed E-state index contributed by atoms with van der Waals surface area (Å²) in [4.78, 5) is 0. The van der Waals surface area contributed by atoms with Crippen LogP contribution in [-0.4, -0.2) is 16.9 Å². The number of hydrogen-bond acceptors (Lipinski definition) is 4. The Morgan fingerprint density at radius 3 is 2.89 bits per heavy atom. The number of aromatic nitrogens is 2. The molecule has 0 aliphatic rings. The molecule has 1 aromatic heterocycles. The second kappa shape index (κ2) is 5.65. The Bertz CT molecular complexity index is 563. The van der Waals surface area contributed by atoms with Gasteiger partial charge in [-0.05, 0) is 18.6 Å². The van der Waals surface area contributed by atoms with Gasteiger partial charge in [0.2, 0.25) is 0 Å². The third kappa shape index (κ3) is 2.99. The molecule has 0 saturated heterocycles. The van der Waals surface area contributed by atoms with E-state index in [0.29, 0.717) is 11.4 Å². The van der Waals surface area contributed by atoms with Crippen molar-refractivity contribution in [2.45, 2.75) is 19.9 Å². The monoisotopic (exact) mass is 260 g/mol. The van der Waals surface area contributed by atoms with E-state index in [2.05, 4.69) is 17.3 Å². The van der Waals surface area contributed by atoms with Crippen LogP contribution in [0.1, 0.15) is 18.2 Å². The topological polar surface area (TPSA) is 65.1 Å². The molecule has 3 N–H and O–H groups in total. The number of nitrogen functional groups attached to an aromatic ring is 1. The summed E-state index contributed by atoms with van der Waals surface area (Å²) < 4.78 is 7.05.